The zero-order chi connectivity index (χ0) is 13.8. The Kier molecular flexibility index (Phi) is 4.96. The standard InChI is InChI=1S/C14H26N4O/c1-11-12(10-16-17(11)2)14-13(15)6-4-5-7-18(14)8-9-19-3/h10,13-14H,4-9,15H2,1-3H3. The zero-order valence-corrected chi connectivity index (χ0v) is 12.3. The van der Waals surface area contributed by atoms with Crippen molar-refractivity contribution in [2.24, 2.45) is 12.8 Å². The Bertz CT molecular complexity index is 404. The van der Waals surface area contributed by atoms with Crippen LogP contribution < -0.4 is 5.73 Å². The Morgan fingerprint density at radius 1 is 1.47 bits per heavy atom. The SMILES string of the molecule is COCCN1CCCCC(N)C1c1cnn(C)c1C. The van der Waals surface area contributed by atoms with Crippen molar-refractivity contribution in [2.45, 2.75) is 38.3 Å². The summed E-state index contributed by atoms with van der Waals surface area (Å²) in [5.41, 5.74) is 8.92. The minimum absolute atomic E-state index is 0.183. The molecule has 2 heterocycles. The van der Waals surface area contributed by atoms with E-state index in [1.54, 1.807) is 7.11 Å². The Morgan fingerprint density at radius 3 is 2.89 bits per heavy atom. The number of hydrogen-bond donors (Lipinski definition) is 1. The highest BCUT2D eigenvalue weighted by molar-refractivity contribution is 5.23. The van der Waals surface area contributed by atoms with Crippen LogP contribution >= 0.6 is 0 Å². The van der Waals surface area contributed by atoms with E-state index in [4.69, 9.17) is 10.5 Å². The number of hydrogen-bond acceptors (Lipinski definition) is 4. The maximum Gasteiger partial charge on any atom is 0.0589 e. The summed E-state index contributed by atoms with van der Waals surface area (Å²) >= 11 is 0. The van der Waals surface area contributed by atoms with Gasteiger partial charge in [0.05, 0.1) is 18.8 Å². The first-order chi connectivity index (χ1) is 9.15. The minimum Gasteiger partial charge on any atom is -0.383 e. The summed E-state index contributed by atoms with van der Waals surface area (Å²) in [6, 6.07) is 0.452. The number of nitrogens with two attached hydrogens (primary N) is 1. The molecule has 1 fully saturated rings. The van der Waals surface area contributed by atoms with E-state index >= 15 is 0 Å². The van der Waals surface area contributed by atoms with Gasteiger partial charge in [-0.2, -0.15) is 5.10 Å². The van der Waals surface area contributed by atoms with E-state index < -0.39 is 0 Å². The van der Waals surface area contributed by atoms with E-state index in [1.165, 1.54) is 24.1 Å². The van der Waals surface area contributed by atoms with Gasteiger partial charge >= 0.3 is 0 Å². The molecule has 5 heteroatoms. The molecule has 1 saturated heterocycles. The summed E-state index contributed by atoms with van der Waals surface area (Å²) in [6.45, 7) is 4.90. The third-order valence-corrected chi connectivity index (χ3v) is 4.21. The predicted octanol–water partition coefficient (Wildman–Crippen LogP) is 1.23. The van der Waals surface area contributed by atoms with E-state index in [9.17, 15) is 0 Å². The molecular weight excluding hydrogens is 240 g/mol. The van der Waals surface area contributed by atoms with Crippen LogP contribution in [0.25, 0.3) is 0 Å². The number of rotatable bonds is 4. The van der Waals surface area contributed by atoms with Gasteiger partial charge in [-0.15, -0.1) is 0 Å². The van der Waals surface area contributed by atoms with Crippen LogP contribution in [0.15, 0.2) is 6.20 Å². The molecular formula is C14H26N4O. The molecule has 2 unspecified atom stereocenters. The monoisotopic (exact) mass is 266 g/mol. The molecule has 2 rings (SSSR count). The smallest absolute Gasteiger partial charge is 0.0589 e. The van der Waals surface area contributed by atoms with Crippen molar-refractivity contribution >= 4 is 0 Å². The summed E-state index contributed by atoms with van der Waals surface area (Å²) in [4.78, 5) is 2.46. The maximum absolute atomic E-state index is 6.43. The molecule has 19 heavy (non-hydrogen) atoms. The molecule has 2 N–H and O–H groups in total. The lowest BCUT2D eigenvalue weighted by atomic mass is 9.97. The predicted molar refractivity (Wildman–Crippen MR) is 76.0 cm³/mol. The van der Waals surface area contributed by atoms with Gasteiger partial charge in [-0.25, -0.2) is 0 Å². The fourth-order valence-electron chi connectivity index (χ4n) is 2.96. The Hall–Kier alpha value is -0.910. The fraction of sp³-hybridized carbons (Fsp3) is 0.786. The number of ether oxygens (including phenoxy) is 1. The van der Waals surface area contributed by atoms with Crippen LogP contribution in [0, 0.1) is 6.92 Å². The zero-order valence-electron chi connectivity index (χ0n) is 12.3. The molecule has 108 valence electrons. The molecule has 0 bridgehead atoms. The van der Waals surface area contributed by atoms with E-state index in [1.807, 2.05) is 17.9 Å². The fourth-order valence-corrected chi connectivity index (χ4v) is 2.96. The average Bonchev–Trinajstić information content (AvgIpc) is 2.62. The number of nitrogens with zero attached hydrogens (tertiary/aromatic N) is 3. The normalized spacial score (nSPS) is 25.5. The molecule has 1 aromatic heterocycles. The van der Waals surface area contributed by atoms with E-state index in [2.05, 4.69) is 16.9 Å². The lowest BCUT2D eigenvalue weighted by molar-refractivity contribution is 0.114. The Balaban J connectivity index is 2.25. The summed E-state index contributed by atoms with van der Waals surface area (Å²) in [7, 11) is 3.74. The van der Waals surface area contributed by atoms with E-state index in [-0.39, 0.29) is 12.1 Å². The van der Waals surface area contributed by atoms with Crippen molar-refractivity contribution < 1.29 is 4.74 Å². The van der Waals surface area contributed by atoms with Crippen molar-refractivity contribution in [2.75, 3.05) is 26.8 Å². The third kappa shape index (κ3) is 3.16. The van der Waals surface area contributed by atoms with Crippen LogP contribution in [0.2, 0.25) is 0 Å². The van der Waals surface area contributed by atoms with Gasteiger partial charge in [0.1, 0.15) is 0 Å². The summed E-state index contributed by atoms with van der Waals surface area (Å²) in [5.74, 6) is 0. The van der Waals surface area contributed by atoms with Gasteiger partial charge in [-0.1, -0.05) is 6.42 Å². The third-order valence-electron chi connectivity index (χ3n) is 4.21. The first-order valence-corrected chi connectivity index (χ1v) is 7.12. The highest BCUT2D eigenvalue weighted by atomic mass is 16.5. The van der Waals surface area contributed by atoms with Gasteiger partial charge in [0.2, 0.25) is 0 Å². The van der Waals surface area contributed by atoms with Crippen LogP contribution in [0.4, 0.5) is 0 Å². The number of methoxy groups -OCH3 is 1. The van der Waals surface area contributed by atoms with Gasteiger partial charge in [-0.05, 0) is 26.3 Å². The molecule has 0 aromatic carbocycles. The first kappa shape index (κ1) is 14.5. The second-order valence-corrected chi connectivity index (χ2v) is 5.44. The van der Waals surface area contributed by atoms with Gasteiger partial charge in [-0.3, -0.25) is 9.58 Å². The van der Waals surface area contributed by atoms with Crippen molar-refractivity contribution in [1.82, 2.24) is 14.7 Å². The Morgan fingerprint density at radius 2 is 2.26 bits per heavy atom. The number of likely N-dealkylation sites (tertiary alicyclic amines) is 1. The van der Waals surface area contributed by atoms with Gasteiger partial charge in [0, 0.05) is 38.0 Å². The molecule has 0 amide bonds. The summed E-state index contributed by atoms with van der Waals surface area (Å²) in [6.07, 6.45) is 5.49. The second-order valence-electron chi connectivity index (χ2n) is 5.44. The Labute approximate surface area is 115 Å². The second kappa shape index (κ2) is 6.50. The number of aromatic nitrogens is 2. The van der Waals surface area contributed by atoms with Crippen molar-refractivity contribution in [3.63, 3.8) is 0 Å². The van der Waals surface area contributed by atoms with Crippen molar-refractivity contribution in [1.29, 1.82) is 0 Å². The molecule has 0 aliphatic carbocycles. The molecule has 0 spiro atoms. The summed E-state index contributed by atoms with van der Waals surface area (Å²) in [5, 5.41) is 4.37. The lowest BCUT2D eigenvalue weighted by Gasteiger charge is -2.33. The molecule has 0 radical (unpaired) electrons. The van der Waals surface area contributed by atoms with Crippen LogP contribution in [-0.4, -0.2) is 47.5 Å². The minimum atomic E-state index is 0.183. The van der Waals surface area contributed by atoms with Crippen LogP contribution in [0.1, 0.15) is 36.6 Å². The van der Waals surface area contributed by atoms with Gasteiger partial charge in [0.15, 0.2) is 0 Å². The maximum atomic E-state index is 6.43. The quantitative estimate of drug-likeness (QED) is 0.890. The molecule has 1 aliphatic heterocycles. The first-order valence-electron chi connectivity index (χ1n) is 7.12. The molecule has 5 nitrogen and oxygen atoms in total. The van der Waals surface area contributed by atoms with Crippen LogP contribution in [-0.2, 0) is 11.8 Å². The highest BCUT2D eigenvalue weighted by Crippen LogP contribution is 2.30. The topological polar surface area (TPSA) is 56.3 Å². The van der Waals surface area contributed by atoms with Gasteiger partial charge < -0.3 is 10.5 Å². The van der Waals surface area contributed by atoms with Crippen LogP contribution in [0.3, 0.4) is 0 Å². The largest absolute Gasteiger partial charge is 0.383 e. The average molecular weight is 266 g/mol. The van der Waals surface area contributed by atoms with Crippen molar-refractivity contribution in [3.05, 3.63) is 17.5 Å². The molecule has 0 saturated carbocycles. The molecule has 1 aromatic rings. The van der Waals surface area contributed by atoms with Gasteiger partial charge in [0.25, 0.3) is 0 Å². The van der Waals surface area contributed by atoms with Crippen molar-refractivity contribution in [3.8, 4) is 0 Å². The van der Waals surface area contributed by atoms with E-state index in [0.717, 1.165) is 26.1 Å². The molecule has 1 aliphatic rings. The molecule has 2 atom stereocenters. The lowest BCUT2D eigenvalue weighted by Crippen LogP contribution is -2.41. The van der Waals surface area contributed by atoms with Crippen LogP contribution in [0.5, 0.6) is 0 Å². The highest BCUT2D eigenvalue weighted by Gasteiger charge is 2.30. The van der Waals surface area contributed by atoms with E-state index in [0.29, 0.717) is 0 Å². The number of aryl methyl sites for hydroxylation is 1. The summed E-state index contributed by atoms with van der Waals surface area (Å²) < 4.78 is 7.17.